The topological polar surface area (TPSA) is 74.0 Å². The summed E-state index contributed by atoms with van der Waals surface area (Å²) in [6.07, 6.45) is 7.64. The van der Waals surface area contributed by atoms with E-state index in [1.54, 1.807) is 23.7 Å². The molecule has 138 valence electrons. The molecule has 4 rings (SSSR count). The van der Waals surface area contributed by atoms with Gasteiger partial charge in [-0.15, -0.1) is 35.3 Å². The summed E-state index contributed by atoms with van der Waals surface area (Å²) in [5.41, 5.74) is 1.02. The Morgan fingerprint density at radius 2 is 2.00 bits per heavy atom. The zero-order valence-corrected chi connectivity index (χ0v) is 17.6. The van der Waals surface area contributed by atoms with Crippen LogP contribution in [-0.2, 0) is 6.54 Å². The Hall–Kier alpha value is -1.95. The molecule has 1 fully saturated rings. The number of anilines is 1. The minimum absolute atomic E-state index is 0. The van der Waals surface area contributed by atoms with Gasteiger partial charge in [0.1, 0.15) is 0 Å². The van der Waals surface area contributed by atoms with Crippen LogP contribution in [0, 0.1) is 0 Å². The van der Waals surface area contributed by atoms with Gasteiger partial charge in [-0.1, -0.05) is 0 Å². The number of nitrogens with one attached hydrogen (secondary N) is 1. The molecular formula is C16H21IN8S. The predicted molar refractivity (Wildman–Crippen MR) is 115 cm³/mol. The Kier molecular flexibility index (Phi) is 6.25. The molecule has 0 spiro atoms. The molecule has 0 bridgehead atoms. The van der Waals surface area contributed by atoms with Gasteiger partial charge in [-0.25, -0.2) is 15.0 Å². The molecule has 1 aliphatic rings. The normalized spacial score (nSPS) is 15.2. The highest BCUT2D eigenvalue weighted by atomic mass is 127. The Labute approximate surface area is 173 Å². The van der Waals surface area contributed by atoms with Gasteiger partial charge in [0.05, 0.1) is 12.2 Å². The molecule has 0 amide bonds. The molecule has 8 nitrogen and oxygen atoms in total. The molecule has 0 aliphatic carbocycles. The maximum absolute atomic E-state index is 4.60. The van der Waals surface area contributed by atoms with Crippen molar-refractivity contribution < 1.29 is 0 Å². The number of hydrogen-bond acceptors (Lipinski definition) is 6. The van der Waals surface area contributed by atoms with E-state index in [1.165, 1.54) is 0 Å². The largest absolute Gasteiger partial charge is 0.351 e. The lowest BCUT2D eigenvalue weighted by molar-refractivity contribution is 0.370. The van der Waals surface area contributed by atoms with E-state index in [-0.39, 0.29) is 24.0 Å². The van der Waals surface area contributed by atoms with E-state index >= 15 is 0 Å². The molecule has 26 heavy (non-hydrogen) atoms. The smallest absolute Gasteiger partial charge is 0.225 e. The second-order valence-corrected chi connectivity index (χ2v) is 6.62. The monoisotopic (exact) mass is 484 g/mol. The molecule has 0 radical (unpaired) electrons. The van der Waals surface area contributed by atoms with Gasteiger partial charge in [0.2, 0.25) is 5.95 Å². The van der Waals surface area contributed by atoms with E-state index in [9.17, 15) is 0 Å². The van der Waals surface area contributed by atoms with Gasteiger partial charge in [0, 0.05) is 63.4 Å². The van der Waals surface area contributed by atoms with Crippen LogP contribution < -0.4 is 10.2 Å². The second-order valence-electron chi connectivity index (χ2n) is 5.75. The standard InChI is InChI=1S/C16H20N8S.HI/c1-17-14(20-11-13-12-24-9-10-25-16(24)21-13)22-5-7-23(8-6-22)15-18-3-2-4-19-15;/h2-4,9-10,12H,5-8,11H2,1H3,(H,17,20);1H. The summed E-state index contributed by atoms with van der Waals surface area (Å²) in [4.78, 5) is 23.1. The lowest BCUT2D eigenvalue weighted by Crippen LogP contribution is -2.52. The first-order valence-corrected chi connectivity index (χ1v) is 9.10. The Balaban J connectivity index is 0.00000196. The van der Waals surface area contributed by atoms with Crippen LogP contribution in [0.2, 0.25) is 0 Å². The van der Waals surface area contributed by atoms with Crippen molar-refractivity contribution in [1.29, 1.82) is 0 Å². The summed E-state index contributed by atoms with van der Waals surface area (Å²) in [5, 5.41) is 5.45. The first-order chi connectivity index (χ1) is 12.3. The average molecular weight is 484 g/mol. The zero-order chi connectivity index (χ0) is 17.1. The second kappa shape index (κ2) is 8.62. The quantitative estimate of drug-likeness (QED) is 0.347. The van der Waals surface area contributed by atoms with Crippen molar-refractivity contribution >= 4 is 52.2 Å². The molecule has 1 aliphatic heterocycles. The number of thiazole rings is 1. The van der Waals surface area contributed by atoms with Crippen LogP contribution in [0.15, 0.2) is 41.2 Å². The summed E-state index contributed by atoms with van der Waals surface area (Å²) < 4.78 is 2.04. The number of hydrogen-bond donors (Lipinski definition) is 1. The molecule has 0 atom stereocenters. The van der Waals surface area contributed by atoms with Gasteiger partial charge >= 0.3 is 0 Å². The molecule has 1 N–H and O–H groups in total. The third-order valence-electron chi connectivity index (χ3n) is 4.20. The number of fused-ring (bicyclic) bond motifs is 1. The van der Waals surface area contributed by atoms with Crippen molar-refractivity contribution in [2.24, 2.45) is 4.99 Å². The van der Waals surface area contributed by atoms with Crippen LogP contribution in [0.3, 0.4) is 0 Å². The van der Waals surface area contributed by atoms with E-state index in [1.807, 2.05) is 29.1 Å². The average Bonchev–Trinajstić information content (AvgIpc) is 3.25. The van der Waals surface area contributed by atoms with Crippen molar-refractivity contribution in [2.75, 3.05) is 38.1 Å². The first kappa shape index (κ1) is 18.8. The molecular weight excluding hydrogens is 463 g/mol. The number of imidazole rings is 1. The van der Waals surface area contributed by atoms with Crippen LogP contribution in [0.4, 0.5) is 5.95 Å². The Morgan fingerprint density at radius 1 is 1.23 bits per heavy atom. The summed E-state index contributed by atoms with van der Waals surface area (Å²) in [6.45, 7) is 4.20. The van der Waals surface area contributed by atoms with Gasteiger partial charge in [-0.2, -0.15) is 0 Å². The molecule has 4 heterocycles. The fraction of sp³-hybridized carbons (Fsp3) is 0.375. The van der Waals surface area contributed by atoms with E-state index in [0.717, 1.165) is 48.7 Å². The van der Waals surface area contributed by atoms with Crippen molar-refractivity contribution in [3.05, 3.63) is 41.9 Å². The summed E-state index contributed by atoms with van der Waals surface area (Å²) >= 11 is 1.64. The minimum atomic E-state index is 0. The number of nitrogens with zero attached hydrogens (tertiary/aromatic N) is 7. The molecule has 10 heteroatoms. The number of halogens is 1. The molecule has 3 aromatic heterocycles. The van der Waals surface area contributed by atoms with Crippen LogP contribution in [0.25, 0.3) is 4.96 Å². The molecule has 3 aromatic rings. The highest BCUT2D eigenvalue weighted by Crippen LogP contribution is 2.12. The molecule has 0 unspecified atom stereocenters. The molecule has 1 saturated heterocycles. The fourth-order valence-electron chi connectivity index (χ4n) is 2.94. The Bertz CT molecular complexity index is 825. The highest BCUT2D eigenvalue weighted by Gasteiger charge is 2.21. The number of rotatable bonds is 3. The van der Waals surface area contributed by atoms with Crippen molar-refractivity contribution in [2.45, 2.75) is 6.54 Å². The zero-order valence-electron chi connectivity index (χ0n) is 14.4. The van der Waals surface area contributed by atoms with Crippen LogP contribution in [-0.4, -0.2) is 63.4 Å². The lowest BCUT2D eigenvalue weighted by atomic mass is 10.3. The van der Waals surface area contributed by atoms with E-state index in [2.05, 4.69) is 41.3 Å². The number of piperazine rings is 1. The molecule has 0 saturated carbocycles. The first-order valence-electron chi connectivity index (χ1n) is 8.22. The molecule has 0 aromatic carbocycles. The number of aromatic nitrogens is 4. The maximum atomic E-state index is 4.60. The lowest BCUT2D eigenvalue weighted by Gasteiger charge is -2.36. The van der Waals surface area contributed by atoms with Crippen LogP contribution >= 0.6 is 35.3 Å². The van der Waals surface area contributed by atoms with E-state index < -0.39 is 0 Å². The van der Waals surface area contributed by atoms with Crippen molar-refractivity contribution in [3.8, 4) is 0 Å². The highest BCUT2D eigenvalue weighted by molar-refractivity contribution is 14.0. The van der Waals surface area contributed by atoms with Crippen molar-refractivity contribution in [3.63, 3.8) is 0 Å². The van der Waals surface area contributed by atoms with Gasteiger partial charge in [0.25, 0.3) is 0 Å². The van der Waals surface area contributed by atoms with E-state index in [0.29, 0.717) is 6.54 Å². The number of aliphatic imine (C=N–C) groups is 1. The number of guanidine groups is 1. The summed E-state index contributed by atoms with van der Waals surface area (Å²) in [6, 6.07) is 1.84. The summed E-state index contributed by atoms with van der Waals surface area (Å²) in [5.74, 6) is 1.70. The fourth-order valence-corrected chi connectivity index (χ4v) is 3.65. The van der Waals surface area contributed by atoms with Gasteiger partial charge < -0.3 is 15.1 Å². The maximum Gasteiger partial charge on any atom is 0.225 e. The Morgan fingerprint density at radius 3 is 2.69 bits per heavy atom. The van der Waals surface area contributed by atoms with Crippen LogP contribution in [0.5, 0.6) is 0 Å². The van der Waals surface area contributed by atoms with Crippen molar-refractivity contribution in [1.82, 2.24) is 29.6 Å². The minimum Gasteiger partial charge on any atom is -0.351 e. The third-order valence-corrected chi connectivity index (χ3v) is 4.97. The SMILES string of the molecule is CN=C(NCc1cn2ccsc2n1)N1CCN(c2ncccn2)CC1.I. The summed E-state index contributed by atoms with van der Waals surface area (Å²) in [7, 11) is 1.82. The third kappa shape index (κ3) is 4.06. The predicted octanol–water partition coefficient (Wildman–Crippen LogP) is 1.70. The van der Waals surface area contributed by atoms with Gasteiger partial charge in [-0.05, 0) is 6.07 Å². The van der Waals surface area contributed by atoms with Gasteiger partial charge in [0.15, 0.2) is 10.9 Å². The van der Waals surface area contributed by atoms with Crippen LogP contribution in [0.1, 0.15) is 5.69 Å². The van der Waals surface area contributed by atoms with E-state index in [4.69, 9.17) is 0 Å². The van der Waals surface area contributed by atoms with Gasteiger partial charge in [-0.3, -0.25) is 9.39 Å².